The van der Waals surface area contributed by atoms with Crippen LogP contribution in [0.15, 0.2) is 0 Å². The van der Waals surface area contributed by atoms with Crippen LogP contribution in [0.1, 0.15) is 39.0 Å². The average molecular weight is 171 g/mol. The molecule has 0 heterocycles. The third kappa shape index (κ3) is 3.16. The van der Waals surface area contributed by atoms with Crippen LogP contribution in [0.5, 0.6) is 0 Å². The van der Waals surface area contributed by atoms with E-state index in [9.17, 15) is 0 Å². The van der Waals surface area contributed by atoms with Crippen molar-refractivity contribution in [2.75, 3.05) is 0 Å². The first-order chi connectivity index (χ1) is 5.33. The quantitative estimate of drug-likeness (QED) is 0.441. The molecule has 1 aliphatic rings. The van der Waals surface area contributed by atoms with Crippen molar-refractivity contribution in [1.29, 1.82) is 0 Å². The zero-order chi connectivity index (χ0) is 8.10. The van der Waals surface area contributed by atoms with Gasteiger partial charge in [0.15, 0.2) is 0 Å². The van der Waals surface area contributed by atoms with E-state index in [0.29, 0.717) is 5.38 Å². The number of halogens is 1. The first kappa shape index (κ1) is 8.94. The monoisotopic (exact) mass is 170 g/mol. The van der Waals surface area contributed by atoms with Gasteiger partial charge in [-0.2, -0.15) is 0 Å². The standard InChI is InChI=1S/C10H15Cl/c1-2-3-4-5-9-6-7-10(11)8-9/h9-10H,4-8H2,1H3. The van der Waals surface area contributed by atoms with Crippen molar-refractivity contribution >= 4 is 11.6 Å². The molecule has 0 aromatic heterocycles. The van der Waals surface area contributed by atoms with E-state index >= 15 is 0 Å². The molecule has 1 aliphatic carbocycles. The van der Waals surface area contributed by atoms with Crippen molar-refractivity contribution in [3.63, 3.8) is 0 Å². The van der Waals surface area contributed by atoms with Crippen molar-refractivity contribution in [3.8, 4) is 11.8 Å². The molecule has 11 heavy (non-hydrogen) atoms. The Kier molecular flexibility index (Phi) is 3.80. The molecule has 1 rings (SSSR count). The number of hydrogen-bond donors (Lipinski definition) is 0. The number of rotatable bonds is 2. The van der Waals surface area contributed by atoms with Crippen LogP contribution in [-0.2, 0) is 0 Å². The van der Waals surface area contributed by atoms with E-state index < -0.39 is 0 Å². The van der Waals surface area contributed by atoms with Crippen LogP contribution in [0.2, 0.25) is 0 Å². The molecule has 62 valence electrons. The molecule has 0 bridgehead atoms. The fraction of sp³-hybridized carbons (Fsp3) is 0.800. The van der Waals surface area contributed by atoms with Gasteiger partial charge in [0.2, 0.25) is 0 Å². The van der Waals surface area contributed by atoms with Crippen LogP contribution >= 0.6 is 11.6 Å². The molecule has 0 radical (unpaired) electrons. The second-order valence-corrected chi connectivity index (χ2v) is 3.86. The lowest BCUT2D eigenvalue weighted by molar-refractivity contribution is 0.513. The fourth-order valence-corrected chi connectivity index (χ4v) is 2.06. The van der Waals surface area contributed by atoms with Crippen LogP contribution < -0.4 is 0 Å². The highest BCUT2D eigenvalue weighted by molar-refractivity contribution is 6.20. The predicted molar refractivity (Wildman–Crippen MR) is 49.7 cm³/mol. The van der Waals surface area contributed by atoms with E-state index in [2.05, 4.69) is 11.8 Å². The summed E-state index contributed by atoms with van der Waals surface area (Å²) in [4.78, 5) is 0. The second kappa shape index (κ2) is 4.67. The van der Waals surface area contributed by atoms with Crippen molar-refractivity contribution in [1.82, 2.24) is 0 Å². The van der Waals surface area contributed by atoms with Gasteiger partial charge < -0.3 is 0 Å². The normalized spacial score (nSPS) is 29.6. The zero-order valence-electron chi connectivity index (χ0n) is 7.07. The Labute approximate surface area is 74.3 Å². The van der Waals surface area contributed by atoms with Gasteiger partial charge in [-0.25, -0.2) is 0 Å². The molecule has 2 unspecified atom stereocenters. The van der Waals surface area contributed by atoms with Gasteiger partial charge in [-0.1, -0.05) is 0 Å². The first-order valence-corrected chi connectivity index (χ1v) is 4.80. The van der Waals surface area contributed by atoms with Crippen LogP contribution in [0.25, 0.3) is 0 Å². The Morgan fingerprint density at radius 3 is 2.82 bits per heavy atom. The summed E-state index contributed by atoms with van der Waals surface area (Å²) >= 11 is 5.98. The van der Waals surface area contributed by atoms with Crippen molar-refractivity contribution < 1.29 is 0 Å². The summed E-state index contributed by atoms with van der Waals surface area (Å²) in [6, 6.07) is 0. The molecular weight excluding hydrogens is 156 g/mol. The molecule has 1 fully saturated rings. The number of alkyl halides is 1. The summed E-state index contributed by atoms with van der Waals surface area (Å²) < 4.78 is 0. The molecule has 0 saturated heterocycles. The van der Waals surface area contributed by atoms with E-state index in [1.165, 1.54) is 25.7 Å². The molecule has 0 nitrogen and oxygen atoms in total. The van der Waals surface area contributed by atoms with Crippen LogP contribution in [0, 0.1) is 17.8 Å². The summed E-state index contributed by atoms with van der Waals surface area (Å²) in [6.07, 6.45) is 6.06. The average Bonchev–Trinajstić information content (AvgIpc) is 2.37. The zero-order valence-corrected chi connectivity index (χ0v) is 7.82. The number of hydrogen-bond acceptors (Lipinski definition) is 0. The predicted octanol–water partition coefficient (Wildman–Crippen LogP) is 3.20. The lowest BCUT2D eigenvalue weighted by atomic mass is 10.0. The summed E-state index contributed by atoms with van der Waals surface area (Å²) in [5, 5.41) is 0.453. The Balaban J connectivity index is 2.11. The van der Waals surface area contributed by atoms with Crippen LogP contribution in [0.4, 0.5) is 0 Å². The van der Waals surface area contributed by atoms with Crippen LogP contribution in [0.3, 0.4) is 0 Å². The summed E-state index contributed by atoms with van der Waals surface area (Å²) in [5.74, 6) is 6.88. The SMILES string of the molecule is CC#CCCC1CCC(Cl)C1. The van der Waals surface area contributed by atoms with E-state index in [-0.39, 0.29) is 0 Å². The molecule has 1 saturated carbocycles. The topological polar surface area (TPSA) is 0 Å². The second-order valence-electron chi connectivity index (χ2n) is 3.24. The minimum absolute atomic E-state index is 0.453. The van der Waals surface area contributed by atoms with E-state index in [4.69, 9.17) is 11.6 Å². The van der Waals surface area contributed by atoms with Gasteiger partial charge in [0.05, 0.1) is 0 Å². The molecule has 0 aromatic rings. The highest BCUT2D eigenvalue weighted by Crippen LogP contribution is 2.32. The third-order valence-electron chi connectivity index (χ3n) is 2.33. The molecule has 0 aromatic carbocycles. The Bertz CT molecular complexity index is 163. The van der Waals surface area contributed by atoms with Gasteiger partial charge in [-0.3, -0.25) is 0 Å². The highest BCUT2D eigenvalue weighted by Gasteiger charge is 2.21. The van der Waals surface area contributed by atoms with Gasteiger partial charge in [-0.05, 0) is 38.5 Å². The van der Waals surface area contributed by atoms with Gasteiger partial charge in [0, 0.05) is 11.8 Å². The third-order valence-corrected chi connectivity index (χ3v) is 2.73. The van der Waals surface area contributed by atoms with Crippen molar-refractivity contribution in [2.45, 2.75) is 44.4 Å². The Morgan fingerprint density at radius 1 is 1.45 bits per heavy atom. The Morgan fingerprint density at radius 2 is 2.27 bits per heavy atom. The Hall–Kier alpha value is -0.150. The first-order valence-electron chi connectivity index (χ1n) is 4.36. The largest absolute Gasteiger partial charge is 0.123 e. The van der Waals surface area contributed by atoms with E-state index in [0.717, 1.165) is 12.3 Å². The maximum atomic E-state index is 5.98. The molecule has 2 atom stereocenters. The fourth-order valence-electron chi connectivity index (χ4n) is 1.68. The lowest BCUT2D eigenvalue weighted by Gasteiger charge is -2.04. The summed E-state index contributed by atoms with van der Waals surface area (Å²) in [5.41, 5.74) is 0. The van der Waals surface area contributed by atoms with E-state index in [1.807, 2.05) is 6.92 Å². The highest BCUT2D eigenvalue weighted by atomic mass is 35.5. The molecular formula is C10H15Cl. The minimum atomic E-state index is 0.453. The molecule has 0 amide bonds. The minimum Gasteiger partial charge on any atom is -0.123 e. The van der Waals surface area contributed by atoms with Crippen molar-refractivity contribution in [2.24, 2.45) is 5.92 Å². The summed E-state index contributed by atoms with van der Waals surface area (Å²) in [6.45, 7) is 1.90. The smallest absolute Gasteiger partial charge is 0.0338 e. The lowest BCUT2D eigenvalue weighted by Crippen LogP contribution is -1.94. The van der Waals surface area contributed by atoms with Crippen molar-refractivity contribution in [3.05, 3.63) is 0 Å². The van der Waals surface area contributed by atoms with E-state index in [1.54, 1.807) is 0 Å². The maximum Gasteiger partial charge on any atom is 0.0338 e. The van der Waals surface area contributed by atoms with Gasteiger partial charge in [0.25, 0.3) is 0 Å². The molecule has 1 heteroatoms. The summed E-state index contributed by atoms with van der Waals surface area (Å²) in [7, 11) is 0. The van der Waals surface area contributed by atoms with Crippen LogP contribution in [-0.4, -0.2) is 5.38 Å². The van der Waals surface area contributed by atoms with Gasteiger partial charge in [0.1, 0.15) is 0 Å². The van der Waals surface area contributed by atoms with Gasteiger partial charge in [-0.15, -0.1) is 23.4 Å². The maximum absolute atomic E-state index is 5.98. The molecule has 0 N–H and O–H groups in total. The molecule has 0 spiro atoms. The van der Waals surface area contributed by atoms with Gasteiger partial charge >= 0.3 is 0 Å². The molecule has 0 aliphatic heterocycles.